The van der Waals surface area contributed by atoms with Crippen LogP contribution in [-0.2, 0) is 4.79 Å². The largest absolute Gasteiger partial charge is 0.363 e. The molecule has 2 N–H and O–H groups in total. The van der Waals surface area contributed by atoms with Crippen LogP contribution in [0.4, 0.5) is 10.8 Å². The van der Waals surface area contributed by atoms with Gasteiger partial charge in [0, 0.05) is 12.7 Å². The molecule has 2 aromatic rings. The minimum absolute atomic E-state index is 0.0416. The zero-order chi connectivity index (χ0) is 14.5. The van der Waals surface area contributed by atoms with Crippen LogP contribution in [0.1, 0.15) is 12.5 Å². The molecule has 2 rings (SSSR count). The lowest BCUT2D eigenvalue weighted by Crippen LogP contribution is -2.22. The zero-order valence-electron chi connectivity index (χ0n) is 11.5. The third kappa shape index (κ3) is 3.94. The number of anilines is 2. The second-order valence-electron chi connectivity index (χ2n) is 4.24. The summed E-state index contributed by atoms with van der Waals surface area (Å²) < 4.78 is 0.779. The van der Waals surface area contributed by atoms with E-state index in [1.54, 1.807) is 7.05 Å². The first-order valence-corrected chi connectivity index (χ1v) is 7.83. The third-order valence-electron chi connectivity index (χ3n) is 2.59. The highest BCUT2D eigenvalue weighted by molar-refractivity contribution is 8.02. The molecule has 0 fully saturated rings. The highest BCUT2D eigenvalue weighted by Crippen LogP contribution is 2.29. The molecule has 1 aromatic carbocycles. The van der Waals surface area contributed by atoms with E-state index in [1.807, 2.05) is 38.1 Å². The van der Waals surface area contributed by atoms with Crippen molar-refractivity contribution < 1.29 is 4.79 Å². The molecule has 0 bridgehead atoms. The summed E-state index contributed by atoms with van der Waals surface area (Å²) in [6.45, 7) is 3.87. The molecule has 0 spiro atoms. The van der Waals surface area contributed by atoms with Gasteiger partial charge >= 0.3 is 0 Å². The SMILES string of the molecule is CNc1nnc(S[C@H](C)C(=O)Nc2ccc(C)cc2)s1. The Morgan fingerprint density at radius 3 is 2.60 bits per heavy atom. The fourth-order valence-electron chi connectivity index (χ4n) is 1.44. The topological polar surface area (TPSA) is 66.9 Å². The van der Waals surface area contributed by atoms with E-state index in [9.17, 15) is 4.79 Å². The number of carbonyl (C=O) groups excluding carboxylic acids is 1. The second-order valence-corrected chi connectivity index (χ2v) is 6.80. The predicted octanol–water partition coefficient (Wildman–Crippen LogP) is 3.01. The third-order valence-corrected chi connectivity index (χ3v) is 4.71. The summed E-state index contributed by atoms with van der Waals surface area (Å²) in [5.41, 5.74) is 1.97. The van der Waals surface area contributed by atoms with Gasteiger partial charge in [0.1, 0.15) is 0 Å². The van der Waals surface area contributed by atoms with Crippen molar-refractivity contribution in [1.82, 2.24) is 10.2 Å². The minimum Gasteiger partial charge on any atom is -0.363 e. The van der Waals surface area contributed by atoms with Gasteiger partial charge in [-0.05, 0) is 26.0 Å². The molecule has 1 heterocycles. The fraction of sp³-hybridized carbons (Fsp3) is 0.308. The van der Waals surface area contributed by atoms with E-state index < -0.39 is 0 Å². The molecule has 1 atom stereocenters. The van der Waals surface area contributed by atoms with E-state index in [2.05, 4.69) is 20.8 Å². The molecule has 7 heteroatoms. The van der Waals surface area contributed by atoms with Crippen LogP contribution < -0.4 is 10.6 Å². The maximum atomic E-state index is 12.1. The van der Waals surface area contributed by atoms with Gasteiger partial charge in [-0.2, -0.15) is 0 Å². The fourth-order valence-corrected chi connectivity index (χ4v) is 3.29. The van der Waals surface area contributed by atoms with Gasteiger partial charge in [-0.3, -0.25) is 4.79 Å². The molecule has 106 valence electrons. The molecule has 0 saturated heterocycles. The zero-order valence-corrected chi connectivity index (χ0v) is 13.1. The second kappa shape index (κ2) is 6.71. The standard InChI is InChI=1S/C13H16N4OS2/c1-8-4-6-10(7-5-8)15-11(18)9(2)19-13-17-16-12(14-3)20-13/h4-7,9H,1-3H3,(H,14,16)(H,15,18)/t9-/m1/s1. The maximum absolute atomic E-state index is 12.1. The summed E-state index contributed by atoms with van der Waals surface area (Å²) in [7, 11) is 1.79. The molecule has 1 aromatic heterocycles. The Labute approximate surface area is 126 Å². The van der Waals surface area contributed by atoms with Crippen molar-refractivity contribution in [2.45, 2.75) is 23.4 Å². The van der Waals surface area contributed by atoms with Gasteiger partial charge in [0.05, 0.1) is 5.25 Å². The van der Waals surface area contributed by atoms with E-state index in [0.29, 0.717) is 0 Å². The quantitative estimate of drug-likeness (QED) is 0.831. The predicted molar refractivity (Wildman–Crippen MR) is 84.6 cm³/mol. The number of amides is 1. The molecular formula is C13H16N4OS2. The lowest BCUT2D eigenvalue weighted by molar-refractivity contribution is -0.115. The van der Waals surface area contributed by atoms with Crippen LogP contribution in [0.25, 0.3) is 0 Å². The average molecular weight is 308 g/mol. The van der Waals surface area contributed by atoms with E-state index in [4.69, 9.17) is 0 Å². The van der Waals surface area contributed by atoms with Gasteiger partial charge < -0.3 is 10.6 Å². The summed E-state index contributed by atoms with van der Waals surface area (Å²) in [6.07, 6.45) is 0. The van der Waals surface area contributed by atoms with Crippen molar-refractivity contribution in [3.63, 3.8) is 0 Å². The van der Waals surface area contributed by atoms with Gasteiger partial charge in [-0.1, -0.05) is 40.8 Å². The van der Waals surface area contributed by atoms with E-state index in [-0.39, 0.29) is 11.2 Å². The Morgan fingerprint density at radius 1 is 1.30 bits per heavy atom. The van der Waals surface area contributed by atoms with Gasteiger partial charge in [0.25, 0.3) is 0 Å². The molecule has 5 nitrogen and oxygen atoms in total. The van der Waals surface area contributed by atoms with Crippen LogP contribution in [0, 0.1) is 6.92 Å². The first-order valence-electron chi connectivity index (χ1n) is 6.14. The van der Waals surface area contributed by atoms with Crippen LogP contribution in [0.5, 0.6) is 0 Å². The van der Waals surface area contributed by atoms with Crippen molar-refractivity contribution in [2.24, 2.45) is 0 Å². The van der Waals surface area contributed by atoms with Crippen LogP contribution in [0.2, 0.25) is 0 Å². The molecule has 0 aliphatic carbocycles. The maximum Gasteiger partial charge on any atom is 0.237 e. The molecule has 0 saturated carbocycles. The lowest BCUT2D eigenvalue weighted by atomic mass is 10.2. The number of hydrogen-bond acceptors (Lipinski definition) is 6. The summed E-state index contributed by atoms with van der Waals surface area (Å²) in [4.78, 5) is 12.1. The highest BCUT2D eigenvalue weighted by Gasteiger charge is 2.17. The van der Waals surface area contributed by atoms with Crippen LogP contribution in [0.15, 0.2) is 28.6 Å². The first-order chi connectivity index (χ1) is 9.58. The van der Waals surface area contributed by atoms with Gasteiger partial charge in [-0.25, -0.2) is 0 Å². The van der Waals surface area contributed by atoms with Crippen molar-refractivity contribution >= 4 is 39.8 Å². The smallest absolute Gasteiger partial charge is 0.237 e. The number of hydrogen-bond donors (Lipinski definition) is 2. The van der Waals surface area contributed by atoms with Gasteiger partial charge in [-0.15, -0.1) is 10.2 Å². The first kappa shape index (κ1) is 14.8. The van der Waals surface area contributed by atoms with Crippen molar-refractivity contribution in [2.75, 3.05) is 17.7 Å². The Balaban J connectivity index is 1.93. The Kier molecular flexibility index (Phi) is 4.97. The number of benzene rings is 1. The molecule has 0 radical (unpaired) electrons. The number of aryl methyl sites for hydroxylation is 1. The molecular weight excluding hydrogens is 292 g/mol. The van der Waals surface area contributed by atoms with Gasteiger partial charge in [0.15, 0.2) is 4.34 Å². The number of nitrogens with one attached hydrogen (secondary N) is 2. The molecule has 1 amide bonds. The van der Waals surface area contributed by atoms with Crippen LogP contribution in [0.3, 0.4) is 0 Å². The molecule has 20 heavy (non-hydrogen) atoms. The summed E-state index contributed by atoms with van der Waals surface area (Å²) in [5.74, 6) is -0.0416. The number of aromatic nitrogens is 2. The highest BCUT2D eigenvalue weighted by atomic mass is 32.2. The molecule has 0 aliphatic heterocycles. The van der Waals surface area contributed by atoms with Crippen molar-refractivity contribution in [3.8, 4) is 0 Å². The minimum atomic E-state index is -0.228. The number of rotatable bonds is 5. The van der Waals surface area contributed by atoms with Crippen LogP contribution >= 0.6 is 23.1 Å². The monoisotopic (exact) mass is 308 g/mol. The van der Waals surface area contributed by atoms with E-state index >= 15 is 0 Å². The summed E-state index contributed by atoms with van der Waals surface area (Å²) in [5, 5.41) is 14.3. The van der Waals surface area contributed by atoms with Crippen LogP contribution in [-0.4, -0.2) is 28.4 Å². The Bertz CT molecular complexity index is 582. The number of nitrogens with zero attached hydrogens (tertiary/aromatic N) is 2. The van der Waals surface area contributed by atoms with Gasteiger partial charge in [0.2, 0.25) is 11.0 Å². The molecule has 0 aliphatic rings. The number of carbonyl (C=O) groups is 1. The van der Waals surface area contributed by atoms with Crippen molar-refractivity contribution in [1.29, 1.82) is 0 Å². The van der Waals surface area contributed by atoms with Crippen molar-refractivity contribution in [3.05, 3.63) is 29.8 Å². The average Bonchev–Trinajstić information content (AvgIpc) is 2.89. The lowest BCUT2D eigenvalue weighted by Gasteiger charge is -2.10. The normalized spacial score (nSPS) is 11.9. The Hall–Kier alpha value is -1.60. The number of thioether (sulfide) groups is 1. The molecule has 0 unspecified atom stereocenters. The van der Waals surface area contributed by atoms with E-state index in [0.717, 1.165) is 15.2 Å². The van der Waals surface area contributed by atoms with E-state index in [1.165, 1.54) is 28.7 Å². The Morgan fingerprint density at radius 2 is 2.00 bits per heavy atom. The summed E-state index contributed by atoms with van der Waals surface area (Å²) >= 11 is 2.84. The summed E-state index contributed by atoms with van der Waals surface area (Å²) in [6, 6.07) is 7.73.